The lowest BCUT2D eigenvalue weighted by Gasteiger charge is -2.30. The molecule has 2 aromatic carbocycles. The number of nitrogens with one attached hydrogen (secondary N) is 2. The Bertz CT molecular complexity index is 1250. The Morgan fingerprint density at radius 1 is 1.17 bits per heavy atom. The quantitative estimate of drug-likeness (QED) is 0.482. The van der Waals surface area contributed by atoms with E-state index in [1.165, 1.54) is 13.2 Å². The smallest absolute Gasteiger partial charge is 0.343 e. The first-order valence-corrected chi connectivity index (χ1v) is 13.1. The molecule has 1 heterocycles. The number of benzene rings is 2. The average molecular weight is 522 g/mol. The average Bonchev–Trinajstić information content (AvgIpc) is 2.80. The van der Waals surface area contributed by atoms with Gasteiger partial charge in [0.2, 0.25) is 5.91 Å². The highest BCUT2D eigenvalue weighted by molar-refractivity contribution is 7.92. The molecule has 0 saturated heterocycles. The van der Waals surface area contributed by atoms with Crippen LogP contribution >= 0.6 is 0 Å². The summed E-state index contributed by atoms with van der Waals surface area (Å²) in [6, 6.07) is 6.17. The number of amides is 1. The van der Waals surface area contributed by atoms with Crippen LogP contribution < -0.4 is 14.8 Å². The fourth-order valence-electron chi connectivity index (χ4n) is 3.97. The van der Waals surface area contributed by atoms with Gasteiger partial charge >= 0.3 is 5.97 Å². The summed E-state index contributed by atoms with van der Waals surface area (Å²) in [5, 5.41) is 2.49. The normalized spacial score (nSPS) is 17.2. The molecule has 1 aliphatic heterocycles. The second-order valence-corrected chi connectivity index (χ2v) is 10.8. The van der Waals surface area contributed by atoms with E-state index in [0.717, 1.165) is 23.8 Å². The van der Waals surface area contributed by atoms with E-state index in [1.54, 1.807) is 6.07 Å². The zero-order chi connectivity index (χ0) is 26.6. The first-order valence-electron chi connectivity index (χ1n) is 11.6. The van der Waals surface area contributed by atoms with Crippen molar-refractivity contribution >= 4 is 33.3 Å². The number of sulfonamides is 1. The van der Waals surface area contributed by atoms with Gasteiger partial charge in [0.25, 0.3) is 10.0 Å². The Balaban J connectivity index is 1.96. The van der Waals surface area contributed by atoms with Crippen LogP contribution in [-0.2, 0) is 19.6 Å². The number of fused-ring (bicyclic) bond motifs is 1. The molecular weight excluding hydrogens is 489 g/mol. The van der Waals surface area contributed by atoms with Crippen molar-refractivity contribution < 1.29 is 31.9 Å². The summed E-state index contributed by atoms with van der Waals surface area (Å²) in [6.07, 6.45) is 0.677. The minimum atomic E-state index is -4.36. The summed E-state index contributed by atoms with van der Waals surface area (Å²) in [7, 11) is 0.578. The van der Waals surface area contributed by atoms with Crippen molar-refractivity contribution in [3.8, 4) is 5.75 Å². The molecule has 1 amide bonds. The van der Waals surface area contributed by atoms with Crippen molar-refractivity contribution in [3.05, 3.63) is 47.3 Å². The zero-order valence-electron chi connectivity index (χ0n) is 21.1. The highest BCUT2D eigenvalue weighted by atomic mass is 32.2. The summed E-state index contributed by atoms with van der Waals surface area (Å²) in [4.78, 5) is 26.6. The van der Waals surface area contributed by atoms with Crippen molar-refractivity contribution in [3.63, 3.8) is 0 Å². The van der Waals surface area contributed by atoms with E-state index in [-0.39, 0.29) is 45.8 Å². The summed E-state index contributed by atoms with van der Waals surface area (Å²) >= 11 is 0. The number of methoxy groups -OCH3 is 1. The van der Waals surface area contributed by atoms with Crippen LogP contribution in [0, 0.1) is 11.7 Å². The second-order valence-electron chi connectivity index (χ2n) is 9.18. The lowest BCUT2D eigenvalue weighted by molar-refractivity contribution is -0.116. The van der Waals surface area contributed by atoms with Crippen LogP contribution in [0.4, 0.5) is 15.8 Å². The van der Waals surface area contributed by atoms with Crippen LogP contribution in [0.25, 0.3) is 0 Å². The van der Waals surface area contributed by atoms with Crippen molar-refractivity contribution in [1.29, 1.82) is 0 Å². The molecule has 36 heavy (non-hydrogen) atoms. The van der Waals surface area contributed by atoms with Crippen LogP contribution in [0.15, 0.2) is 35.2 Å². The lowest BCUT2D eigenvalue weighted by Crippen LogP contribution is -2.25. The summed E-state index contributed by atoms with van der Waals surface area (Å²) in [6.45, 7) is 5.05. The highest BCUT2D eigenvalue weighted by Crippen LogP contribution is 2.42. The Kier molecular flexibility index (Phi) is 8.57. The van der Waals surface area contributed by atoms with Crippen LogP contribution in [0.5, 0.6) is 5.75 Å². The fourth-order valence-corrected chi connectivity index (χ4v) is 5.19. The van der Waals surface area contributed by atoms with E-state index in [2.05, 4.69) is 10.0 Å². The number of hydrogen-bond acceptors (Lipinski definition) is 7. The second kappa shape index (κ2) is 11.3. The molecule has 2 N–H and O–H groups in total. The number of halogens is 1. The van der Waals surface area contributed by atoms with Crippen LogP contribution in [0.1, 0.15) is 48.5 Å². The summed E-state index contributed by atoms with van der Waals surface area (Å²) in [5.74, 6) is -1.37. The van der Waals surface area contributed by atoms with Gasteiger partial charge in [0, 0.05) is 6.42 Å². The summed E-state index contributed by atoms with van der Waals surface area (Å²) in [5.41, 5.74) is 0.474. The van der Waals surface area contributed by atoms with Crippen LogP contribution in [-0.4, -0.2) is 59.6 Å². The van der Waals surface area contributed by atoms with Gasteiger partial charge in [-0.05, 0) is 68.7 Å². The topological polar surface area (TPSA) is 114 Å². The molecule has 3 rings (SSSR count). The Morgan fingerprint density at radius 2 is 1.89 bits per heavy atom. The third kappa shape index (κ3) is 6.14. The maximum absolute atomic E-state index is 14.0. The van der Waals surface area contributed by atoms with Gasteiger partial charge in [0.1, 0.15) is 22.0 Å². The van der Waals surface area contributed by atoms with Crippen molar-refractivity contribution in [1.82, 2.24) is 4.90 Å². The maximum Gasteiger partial charge on any atom is 0.343 e. The molecule has 2 atom stereocenters. The minimum Gasteiger partial charge on any atom is -0.492 e. The number of esters is 1. The van der Waals surface area contributed by atoms with E-state index >= 15 is 0 Å². The molecule has 9 nitrogen and oxygen atoms in total. The standard InChI is InChI=1S/C25H32FN3O6S/c1-15-14-35-24-18(16(15)2)9-10-19(23(24)25(31)34-5)28-36(32,33)21-11-8-17(26)13-20(21)27-22(30)7-6-12-29(3)4/h8-11,13,15-16,28H,6-7,12,14H2,1-5H3,(H,27,30). The van der Waals surface area contributed by atoms with Crippen LogP contribution in [0.3, 0.4) is 0 Å². The maximum atomic E-state index is 14.0. The van der Waals surface area contributed by atoms with Crippen LogP contribution in [0.2, 0.25) is 0 Å². The predicted molar refractivity (Wildman–Crippen MR) is 134 cm³/mol. The van der Waals surface area contributed by atoms with E-state index < -0.39 is 27.7 Å². The number of carbonyl (C=O) groups excluding carboxylic acids is 2. The van der Waals surface area contributed by atoms with Crippen molar-refractivity contribution in [2.45, 2.75) is 37.5 Å². The molecule has 0 bridgehead atoms. The molecule has 2 unspecified atom stereocenters. The summed E-state index contributed by atoms with van der Waals surface area (Å²) < 4.78 is 53.9. The molecule has 0 radical (unpaired) electrons. The van der Waals surface area contributed by atoms with Gasteiger partial charge in [-0.1, -0.05) is 19.9 Å². The molecule has 2 aromatic rings. The molecule has 196 valence electrons. The van der Waals surface area contributed by atoms with Gasteiger partial charge in [-0.15, -0.1) is 0 Å². The largest absolute Gasteiger partial charge is 0.492 e. The Morgan fingerprint density at radius 3 is 2.56 bits per heavy atom. The highest BCUT2D eigenvalue weighted by Gasteiger charge is 2.32. The number of rotatable bonds is 9. The zero-order valence-corrected chi connectivity index (χ0v) is 21.9. The first-order chi connectivity index (χ1) is 16.9. The molecule has 0 saturated carbocycles. The van der Waals surface area contributed by atoms with Gasteiger partial charge in [-0.2, -0.15) is 0 Å². The fraction of sp³-hybridized carbons (Fsp3) is 0.440. The van der Waals surface area contributed by atoms with Gasteiger partial charge in [-0.3, -0.25) is 9.52 Å². The van der Waals surface area contributed by atoms with Gasteiger partial charge in [0.15, 0.2) is 0 Å². The molecule has 0 spiro atoms. The molecule has 0 aliphatic carbocycles. The third-order valence-electron chi connectivity index (χ3n) is 6.17. The van der Waals surface area contributed by atoms with Gasteiger partial charge in [-0.25, -0.2) is 17.6 Å². The minimum absolute atomic E-state index is 0.0464. The molecule has 0 aromatic heterocycles. The van der Waals surface area contributed by atoms with E-state index in [4.69, 9.17) is 9.47 Å². The lowest BCUT2D eigenvalue weighted by atomic mass is 9.85. The van der Waals surface area contributed by atoms with E-state index in [9.17, 15) is 22.4 Å². The Hall–Kier alpha value is -3.18. The van der Waals surface area contributed by atoms with Gasteiger partial charge in [0.05, 0.1) is 25.1 Å². The number of nitrogens with zero attached hydrogens (tertiary/aromatic N) is 1. The number of hydrogen-bond donors (Lipinski definition) is 2. The molecule has 1 aliphatic rings. The Labute approximate surface area is 211 Å². The molecular formula is C25H32FN3O6S. The third-order valence-corrected chi connectivity index (χ3v) is 7.59. The van der Waals surface area contributed by atoms with Gasteiger partial charge < -0.3 is 19.7 Å². The SMILES string of the molecule is COC(=O)c1c(NS(=O)(=O)c2ccc(F)cc2NC(=O)CCCN(C)C)ccc2c1OCC(C)C2C. The molecule has 0 fully saturated rings. The van der Waals surface area contributed by atoms with E-state index in [0.29, 0.717) is 19.6 Å². The number of carbonyl (C=O) groups is 2. The van der Waals surface area contributed by atoms with E-state index in [1.807, 2.05) is 32.8 Å². The number of anilines is 2. The van der Waals surface area contributed by atoms with Crippen molar-refractivity contribution in [2.24, 2.45) is 5.92 Å². The molecule has 11 heteroatoms. The predicted octanol–water partition coefficient (Wildman–Crippen LogP) is 3.83. The first kappa shape index (κ1) is 27.4. The van der Waals surface area contributed by atoms with Crippen molar-refractivity contribution in [2.75, 3.05) is 44.4 Å². The monoisotopic (exact) mass is 521 g/mol. The number of ether oxygens (including phenoxy) is 2.